The van der Waals surface area contributed by atoms with Gasteiger partial charge in [-0.05, 0) is 19.8 Å². The average molecular weight is 289 g/mol. The Morgan fingerprint density at radius 2 is 1.95 bits per heavy atom. The number of carbonyl (C=O) groups excluding carboxylic acids is 3. The van der Waals surface area contributed by atoms with Crippen molar-refractivity contribution in [2.24, 2.45) is 11.8 Å². The summed E-state index contributed by atoms with van der Waals surface area (Å²) in [5, 5.41) is 6.14. The maximum atomic E-state index is 12.2. The van der Waals surface area contributed by atoms with E-state index in [0.29, 0.717) is 18.6 Å². The van der Waals surface area contributed by atoms with Crippen LogP contribution in [0.3, 0.4) is 0 Å². The van der Waals surface area contributed by atoms with Gasteiger partial charge in [0, 0.05) is 6.07 Å². The fourth-order valence-electron chi connectivity index (χ4n) is 2.78. The molecule has 2 atom stereocenters. The molecule has 1 N–H and O–H groups in total. The van der Waals surface area contributed by atoms with Gasteiger partial charge in [-0.15, -0.1) is 0 Å². The van der Waals surface area contributed by atoms with E-state index < -0.39 is 5.91 Å². The van der Waals surface area contributed by atoms with Crippen LogP contribution in [0.5, 0.6) is 0 Å². The number of rotatable bonds is 3. The molecule has 1 aliphatic carbocycles. The van der Waals surface area contributed by atoms with Gasteiger partial charge in [-0.25, -0.2) is 0 Å². The molecule has 1 aliphatic heterocycles. The van der Waals surface area contributed by atoms with Crippen molar-refractivity contribution < 1.29 is 18.9 Å². The zero-order valence-electron chi connectivity index (χ0n) is 11.5. The minimum absolute atomic E-state index is 0.263. The lowest BCUT2D eigenvalue weighted by atomic mass is 9.85. The number of aryl methyl sites for hydroxylation is 1. The molecule has 0 radical (unpaired) electrons. The molecular formula is C14H15N3O4. The predicted molar refractivity (Wildman–Crippen MR) is 71.9 cm³/mol. The number of aromatic nitrogens is 1. The Kier molecular flexibility index (Phi) is 3.32. The van der Waals surface area contributed by atoms with Gasteiger partial charge in [0.05, 0.1) is 11.8 Å². The maximum Gasteiger partial charge on any atom is 0.245 e. The van der Waals surface area contributed by atoms with Crippen molar-refractivity contribution >= 4 is 23.5 Å². The maximum absolute atomic E-state index is 12.2. The van der Waals surface area contributed by atoms with Crippen molar-refractivity contribution in [3.05, 3.63) is 24.0 Å². The molecule has 1 aromatic rings. The Morgan fingerprint density at radius 1 is 1.33 bits per heavy atom. The predicted octanol–water partition coefficient (Wildman–Crippen LogP) is 0.873. The minimum atomic E-state index is -0.461. The zero-order valence-corrected chi connectivity index (χ0v) is 11.5. The molecule has 21 heavy (non-hydrogen) atoms. The van der Waals surface area contributed by atoms with E-state index in [4.69, 9.17) is 4.52 Å². The number of imide groups is 1. The van der Waals surface area contributed by atoms with Crippen molar-refractivity contribution in [2.45, 2.75) is 19.8 Å². The largest absolute Gasteiger partial charge is 0.360 e. The number of carbonyl (C=O) groups is 3. The van der Waals surface area contributed by atoms with Crippen LogP contribution in [0, 0.1) is 18.8 Å². The van der Waals surface area contributed by atoms with Gasteiger partial charge in [0.2, 0.25) is 17.7 Å². The van der Waals surface area contributed by atoms with Gasteiger partial charge < -0.3 is 9.84 Å². The lowest BCUT2D eigenvalue weighted by molar-refractivity contribution is -0.142. The van der Waals surface area contributed by atoms with Gasteiger partial charge in [0.25, 0.3) is 0 Å². The summed E-state index contributed by atoms with van der Waals surface area (Å²) >= 11 is 0. The molecule has 1 aromatic heterocycles. The SMILES string of the molecule is Cc1cc(NC(=O)CN2C(=O)[C@H]3CC=CC[C@@H]3C2=O)no1. The number of amides is 3. The van der Waals surface area contributed by atoms with Crippen LogP contribution < -0.4 is 5.32 Å². The summed E-state index contributed by atoms with van der Waals surface area (Å²) in [4.78, 5) is 37.4. The van der Waals surface area contributed by atoms with Crippen LogP contribution in [0.1, 0.15) is 18.6 Å². The van der Waals surface area contributed by atoms with Crippen LogP contribution in [0.2, 0.25) is 0 Å². The van der Waals surface area contributed by atoms with Crippen molar-refractivity contribution in [1.82, 2.24) is 10.1 Å². The number of anilines is 1. The molecule has 2 heterocycles. The molecule has 3 rings (SSSR count). The number of hydrogen-bond acceptors (Lipinski definition) is 5. The summed E-state index contributed by atoms with van der Waals surface area (Å²) < 4.78 is 4.83. The number of nitrogens with zero attached hydrogens (tertiary/aromatic N) is 2. The fourth-order valence-corrected chi connectivity index (χ4v) is 2.78. The molecular weight excluding hydrogens is 274 g/mol. The second-order valence-electron chi connectivity index (χ2n) is 5.29. The standard InChI is InChI=1S/C14H15N3O4/c1-8-6-11(16-21-8)15-12(18)7-17-13(19)9-4-2-3-5-10(9)14(17)20/h2-3,6,9-10H,4-5,7H2,1H3,(H,15,16,18)/t9-,10-/m0/s1. The number of nitrogens with one attached hydrogen (secondary N) is 1. The molecule has 1 saturated heterocycles. The molecule has 0 aromatic carbocycles. The van der Waals surface area contributed by atoms with E-state index in [1.165, 1.54) is 0 Å². The first-order valence-electron chi connectivity index (χ1n) is 6.79. The van der Waals surface area contributed by atoms with Crippen LogP contribution >= 0.6 is 0 Å². The quantitative estimate of drug-likeness (QED) is 0.658. The number of allylic oxidation sites excluding steroid dienone is 2. The highest BCUT2D eigenvalue weighted by Gasteiger charge is 2.47. The van der Waals surface area contributed by atoms with E-state index in [0.717, 1.165) is 4.90 Å². The Bertz CT molecular complexity index is 608. The first kappa shape index (κ1) is 13.5. The zero-order chi connectivity index (χ0) is 15.0. The molecule has 7 nitrogen and oxygen atoms in total. The smallest absolute Gasteiger partial charge is 0.245 e. The fraction of sp³-hybridized carbons (Fsp3) is 0.429. The topological polar surface area (TPSA) is 92.5 Å². The third kappa shape index (κ3) is 2.46. The summed E-state index contributed by atoms with van der Waals surface area (Å²) in [7, 11) is 0. The normalized spacial score (nSPS) is 24.3. The number of hydrogen-bond donors (Lipinski definition) is 1. The van der Waals surface area contributed by atoms with Gasteiger partial charge in [0.1, 0.15) is 12.3 Å². The molecule has 7 heteroatoms. The first-order valence-corrected chi connectivity index (χ1v) is 6.79. The van der Waals surface area contributed by atoms with E-state index in [1.54, 1.807) is 13.0 Å². The van der Waals surface area contributed by atoms with E-state index >= 15 is 0 Å². The summed E-state index contributed by atoms with van der Waals surface area (Å²) in [5.74, 6) is -0.779. The van der Waals surface area contributed by atoms with Crippen molar-refractivity contribution in [1.29, 1.82) is 0 Å². The van der Waals surface area contributed by atoms with Gasteiger partial charge >= 0.3 is 0 Å². The molecule has 0 unspecified atom stereocenters. The number of fused-ring (bicyclic) bond motifs is 1. The van der Waals surface area contributed by atoms with Crippen molar-refractivity contribution in [2.75, 3.05) is 11.9 Å². The van der Waals surface area contributed by atoms with Crippen molar-refractivity contribution in [3.8, 4) is 0 Å². The Morgan fingerprint density at radius 3 is 2.48 bits per heavy atom. The molecule has 3 amide bonds. The van der Waals surface area contributed by atoms with Gasteiger partial charge in [-0.2, -0.15) is 0 Å². The first-order chi connectivity index (χ1) is 10.1. The van der Waals surface area contributed by atoms with E-state index in [2.05, 4.69) is 10.5 Å². The van der Waals surface area contributed by atoms with Gasteiger partial charge in [-0.3, -0.25) is 19.3 Å². The Hall–Kier alpha value is -2.44. The highest BCUT2D eigenvalue weighted by Crippen LogP contribution is 2.34. The van der Waals surface area contributed by atoms with Gasteiger partial charge in [0.15, 0.2) is 5.82 Å². The van der Waals surface area contributed by atoms with Crippen LogP contribution in [0.25, 0.3) is 0 Å². The summed E-state index contributed by atoms with van der Waals surface area (Å²) in [6.45, 7) is 1.42. The third-order valence-corrected chi connectivity index (χ3v) is 3.80. The van der Waals surface area contributed by atoms with Crippen LogP contribution in [0.15, 0.2) is 22.7 Å². The lowest BCUT2D eigenvalue weighted by Gasteiger charge is -2.14. The van der Waals surface area contributed by atoms with Crippen LogP contribution in [-0.4, -0.2) is 34.3 Å². The molecule has 110 valence electrons. The monoisotopic (exact) mass is 289 g/mol. The van der Waals surface area contributed by atoms with Crippen LogP contribution in [-0.2, 0) is 14.4 Å². The Balaban J connectivity index is 1.66. The minimum Gasteiger partial charge on any atom is -0.360 e. The van der Waals surface area contributed by atoms with E-state index in [9.17, 15) is 14.4 Å². The number of likely N-dealkylation sites (tertiary alicyclic amines) is 1. The molecule has 0 saturated carbocycles. The molecule has 0 spiro atoms. The molecule has 0 bridgehead atoms. The van der Waals surface area contributed by atoms with E-state index in [-0.39, 0.29) is 36.0 Å². The summed E-state index contributed by atoms with van der Waals surface area (Å²) in [6, 6.07) is 1.56. The summed E-state index contributed by atoms with van der Waals surface area (Å²) in [5.41, 5.74) is 0. The lowest BCUT2D eigenvalue weighted by Crippen LogP contribution is -2.38. The van der Waals surface area contributed by atoms with Crippen LogP contribution in [0.4, 0.5) is 5.82 Å². The highest BCUT2D eigenvalue weighted by molar-refractivity contribution is 6.08. The van der Waals surface area contributed by atoms with E-state index in [1.807, 2.05) is 12.2 Å². The molecule has 2 aliphatic rings. The average Bonchev–Trinajstić information content (AvgIpc) is 2.97. The third-order valence-electron chi connectivity index (χ3n) is 3.80. The second kappa shape index (κ2) is 5.16. The second-order valence-corrected chi connectivity index (χ2v) is 5.29. The highest BCUT2D eigenvalue weighted by atomic mass is 16.5. The summed E-state index contributed by atoms with van der Waals surface area (Å²) in [6.07, 6.45) is 4.95. The Labute approximate surface area is 121 Å². The van der Waals surface area contributed by atoms with Gasteiger partial charge in [-0.1, -0.05) is 17.3 Å². The molecule has 1 fully saturated rings. The van der Waals surface area contributed by atoms with Crippen molar-refractivity contribution in [3.63, 3.8) is 0 Å².